The molecule has 0 saturated carbocycles. The second kappa shape index (κ2) is 3.22. The molecule has 1 atom stereocenters. The normalized spacial score (nSPS) is 14.1. The topological polar surface area (TPSA) is 76.5 Å². The van der Waals surface area contributed by atoms with E-state index in [1.165, 1.54) is 12.5 Å². The lowest BCUT2D eigenvalue weighted by molar-refractivity contribution is -0.140. The van der Waals surface area contributed by atoms with Crippen molar-refractivity contribution in [3.05, 3.63) is 24.2 Å². The largest absolute Gasteiger partial charge is 0.480 e. The zero-order valence-electron chi connectivity index (χ0n) is 7.65. The summed E-state index contributed by atoms with van der Waals surface area (Å²) in [6.45, 7) is 3.55. The lowest BCUT2D eigenvalue weighted by atomic mass is 9.79. The molecule has 4 nitrogen and oxygen atoms in total. The Morgan fingerprint density at radius 2 is 2.31 bits per heavy atom. The number of carboxylic acid groups (broad SMARTS) is 1. The Morgan fingerprint density at radius 3 is 2.69 bits per heavy atom. The minimum Gasteiger partial charge on any atom is -0.480 e. The highest BCUT2D eigenvalue weighted by Gasteiger charge is 2.34. The average Bonchev–Trinajstić information content (AvgIpc) is 2.54. The minimum absolute atomic E-state index is 0.612. The van der Waals surface area contributed by atoms with E-state index in [9.17, 15) is 4.79 Å². The maximum Gasteiger partial charge on any atom is 0.321 e. The molecule has 0 bridgehead atoms. The van der Waals surface area contributed by atoms with E-state index in [1.807, 2.05) is 0 Å². The predicted molar refractivity (Wildman–Crippen MR) is 47.3 cm³/mol. The first kappa shape index (κ1) is 9.80. The zero-order chi connectivity index (χ0) is 10.1. The quantitative estimate of drug-likeness (QED) is 0.732. The molecule has 0 fully saturated rings. The van der Waals surface area contributed by atoms with E-state index in [4.69, 9.17) is 15.3 Å². The maximum atomic E-state index is 10.7. The van der Waals surface area contributed by atoms with Gasteiger partial charge in [-0.1, -0.05) is 13.8 Å². The first-order valence-corrected chi connectivity index (χ1v) is 3.97. The van der Waals surface area contributed by atoms with Crippen LogP contribution in [0.4, 0.5) is 0 Å². The minimum atomic E-state index is -1.01. The second-order valence-corrected chi connectivity index (χ2v) is 3.55. The average molecular weight is 183 g/mol. The highest BCUT2D eigenvalue weighted by molar-refractivity contribution is 5.75. The van der Waals surface area contributed by atoms with Gasteiger partial charge in [-0.25, -0.2) is 0 Å². The SMILES string of the molecule is CC(C)(c1ccoc1)C(N)C(=O)O. The number of furan rings is 1. The fraction of sp³-hybridized carbons (Fsp3) is 0.444. The van der Waals surface area contributed by atoms with Crippen molar-refractivity contribution >= 4 is 5.97 Å². The summed E-state index contributed by atoms with van der Waals surface area (Å²) >= 11 is 0. The first-order valence-electron chi connectivity index (χ1n) is 3.97. The monoisotopic (exact) mass is 183 g/mol. The van der Waals surface area contributed by atoms with Crippen LogP contribution in [-0.2, 0) is 10.2 Å². The van der Waals surface area contributed by atoms with Crippen molar-refractivity contribution in [3.63, 3.8) is 0 Å². The van der Waals surface area contributed by atoms with Crippen LogP contribution in [-0.4, -0.2) is 17.1 Å². The lowest BCUT2D eigenvalue weighted by Gasteiger charge is -2.27. The Balaban J connectivity index is 2.95. The van der Waals surface area contributed by atoms with Gasteiger partial charge in [0.05, 0.1) is 12.5 Å². The van der Waals surface area contributed by atoms with Gasteiger partial charge < -0.3 is 15.3 Å². The molecule has 1 aromatic rings. The van der Waals surface area contributed by atoms with Crippen LogP contribution < -0.4 is 5.73 Å². The molecule has 0 aliphatic carbocycles. The van der Waals surface area contributed by atoms with Crippen molar-refractivity contribution in [1.29, 1.82) is 0 Å². The number of carbonyl (C=O) groups is 1. The molecule has 1 unspecified atom stereocenters. The highest BCUT2D eigenvalue weighted by atomic mass is 16.4. The molecule has 13 heavy (non-hydrogen) atoms. The van der Waals surface area contributed by atoms with E-state index in [-0.39, 0.29) is 0 Å². The van der Waals surface area contributed by atoms with E-state index in [1.54, 1.807) is 19.9 Å². The molecule has 0 aliphatic heterocycles. The van der Waals surface area contributed by atoms with Crippen molar-refractivity contribution in [2.24, 2.45) is 5.73 Å². The van der Waals surface area contributed by atoms with Gasteiger partial charge in [-0.2, -0.15) is 0 Å². The van der Waals surface area contributed by atoms with Gasteiger partial charge in [-0.3, -0.25) is 4.79 Å². The Morgan fingerprint density at radius 1 is 1.69 bits per heavy atom. The van der Waals surface area contributed by atoms with Gasteiger partial charge in [0.2, 0.25) is 0 Å². The number of hydrogen-bond donors (Lipinski definition) is 2. The van der Waals surface area contributed by atoms with Crippen LogP contribution >= 0.6 is 0 Å². The fourth-order valence-corrected chi connectivity index (χ4v) is 1.12. The van der Waals surface area contributed by atoms with Gasteiger partial charge in [0.25, 0.3) is 0 Å². The molecule has 1 aromatic heterocycles. The van der Waals surface area contributed by atoms with Gasteiger partial charge in [0.15, 0.2) is 0 Å². The molecule has 4 heteroatoms. The smallest absolute Gasteiger partial charge is 0.321 e. The molecule has 1 heterocycles. The zero-order valence-corrected chi connectivity index (χ0v) is 7.65. The molecular formula is C9H13NO3. The molecule has 1 rings (SSSR count). The first-order chi connectivity index (χ1) is 5.96. The van der Waals surface area contributed by atoms with Crippen molar-refractivity contribution in [1.82, 2.24) is 0 Å². The van der Waals surface area contributed by atoms with Crippen molar-refractivity contribution < 1.29 is 14.3 Å². The van der Waals surface area contributed by atoms with Crippen molar-refractivity contribution in [3.8, 4) is 0 Å². The molecule has 72 valence electrons. The van der Waals surface area contributed by atoms with E-state index >= 15 is 0 Å². The van der Waals surface area contributed by atoms with Crippen LogP contribution in [0.15, 0.2) is 23.0 Å². The van der Waals surface area contributed by atoms with Crippen LogP contribution in [0.3, 0.4) is 0 Å². The third-order valence-electron chi connectivity index (χ3n) is 2.31. The van der Waals surface area contributed by atoms with Crippen LogP contribution in [0.25, 0.3) is 0 Å². The van der Waals surface area contributed by atoms with E-state index in [0.29, 0.717) is 0 Å². The summed E-state index contributed by atoms with van der Waals surface area (Å²) in [5.41, 5.74) is 5.73. The second-order valence-electron chi connectivity index (χ2n) is 3.55. The Bertz CT molecular complexity index is 290. The van der Waals surface area contributed by atoms with Gasteiger partial charge in [-0.05, 0) is 11.6 Å². The van der Waals surface area contributed by atoms with Crippen LogP contribution in [0.5, 0.6) is 0 Å². The van der Waals surface area contributed by atoms with Gasteiger partial charge in [-0.15, -0.1) is 0 Å². The summed E-state index contributed by atoms with van der Waals surface area (Å²) in [5.74, 6) is -1.01. The molecular weight excluding hydrogens is 170 g/mol. The molecule has 0 amide bonds. The predicted octanol–water partition coefficient (Wildman–Crippen LogP) is 0.969. The third kappa shape index (κ3) is 1.72. The third-order valence-corrected chi connectivity index (χ3v) is 2.31. The van der Waals surface area contributed by atoms with Crippen LogP contribution in [0, 0.1) is 0 Å². The molecule has 0 aliphatic rings. The number of rotatable bonds is 3. The van der Waals surface area contributed by atoms with Crippen molar-refractivity contribution in [2.45, 2.75) is 25.3 Å². The number of nitrogens with two attached hydrogens (primary N) is 1. The van der Waals surface area contributed by atoms with E-state index in [0.717, 1.165) is 5.56 Å². The summed E-state index contributed by atoms with van der Waals surface area (Å²) in [4.78, 5) is 10.7. The molecule has 3 N–H and O–H groups in total. The number of aliphatic carboxylic acids is 1. The van der Waals surface area contributed by atoms with Crippen LogP contribution in [0.2, 0.25) is 0 Å². The molecule has 0 radical (unpaired) electrons. The van der Waals surface area contributed by atoms with E-state index < -0.39 is 17.4 Å². The molecule has 0 saturated heterocycles. The summed E-state index contributed by atoms with van der Waals surface area (Å²) < 4.78 is 4.88. The summed E-state index contributed by atoms with van der Waals surface area (Å²) in [6.07, 6.45) is 3.02. The Kier molecular flexibility index (Phi) is 2.43. The van der Waals surface area contributed by atoms with Crippen LogP contribution in [0.1, 0.15) is 19.4 Å². The summed E-state index contributed by atoms with van der Waals surface area (Å²) in [6, 6.07) is 0.799. The molecule has 0 aromatic carbocycles. The number of carboxylic acids is 1. The summed E-state index contributed by atoms with van der Waals surface area (Å²) in [7, 11) is 0. The van der Waals surface area contributed by atoms with Gasteiger partial charge in [0, 0.05) is 5.41 Å². The Labute approximate surface area is 76.3 Å². The molecule has 0 spiro atoms. The number of hydrogen-bond acceptors (Lipinski definition) is 3. The Hall–Kier alpha value is -1.29. The maximum absolute atomic E-state index is 10.7. The van der Waals surface area contributed by atoms with Gasteiger partial charge >= 0.3 is 5.97 Å². The highest BCUT2D eigenvalue weighted by Crippen LogP contribution is 2.26. The fourth-order valence-electron chi connectivity index (χ4n) is 1.12. The standard InChI is InChI=1S/C9H13NO3/c1-9(2,7(10)8(11)12)6-3-4-13-5-6/h3-5,7H,10H2,1-2H3,(H,11,12). The van der Waals surface area contributed by atoms with Gasteiger partial charge in [0.1, 0.15) is 6.04 Å². The van der Waals surface area contributed by atoms with E-state index in [2.05, 4.69) is 0 Å². The van der Waals surface area contributed by atoms with Crippen molar-refractivity contribution in [2.75, 3.05) is 0 Å². The summed E-state index contributed by atoms with van der Waals surface area (Å²) in [5, 5.41) is 8.76. The lowest BCUT2D eigenvalue weighted by Crippen LogP contribution is -2.46.